The molecule has 2 aromatic carbocycles. The third kappa shape index (κ3) is 2.27. The first-order chi connectivity index (χ1) is 9.79. The van der Waals surface area contributed by atoms with Gasteiger partial charge in [-0.2, -0.15) is 0 Å². The number of carbonyl (C=O) groups is 1. The predicted octanol–water partition coefficient (Wildman–Crippen LogP) is 3.04. The van der Waals surface area contributed by atoms with Crippen LogP contribution in [0.25, 0.3) is 0 Å². The summed E-state index contributed by atoms with van der Waals surface area (Å²) in [6.07, 6.45) is 0.979. The molecule has 1 heterocycles. The number of anilines is 1. The molecule has 3 rings (SSSR count). The highest BCUT2D eigenvalue weighted by molar-refractivity contribution is 5.97. The number of carbonyl (C=O) groups excluding carboxylic acids is 1. The van der Waals surface area contributed by atoms with Gasteiger partial charge in [0, 0.05) is 13.1 Å². The Hall–Kier alpha value is -2.29. The molecule has 20 heavy (non-hydrogen) atoms. The summed E-state index contributed by atoms with van der Waals surface area (Å²) >= 11 is 0. The lowest BCUT2D eigenvalue weighted by Crippen LogP contribution is -2.21. The molecule has 3 nitrogen and oxygen atoms in total. The zero-order chi connectivity index (χ0) is 13.9. The molecule has 1 aliphatic heterocycles. The average Bonchev–Trinajstić information content (AvgIpc) is 2.91. The van der Waals surface area contributed by atoms with Crippen LogP contribution in [0.3, 0.4) is 0 Å². The molecular formula is C17H17NO2. The van der Waals surface area contributed by atoms with E-state index in [4.69, 9.17) is 4.74 Å². The molecular weight excluding hydrogens is 250 g/mol. The number of rotatable bonds is 3. The van der Waals surface area contributed by atoms with Gasteiger partial charge in [-0.05, 0) is 23.6 Å². The molecule has 0 aromatic heterocycles. The molecule has 0 saturated carbocycles. The highest BCUT2D eigenvalue weighted by Crippen LogP contribution is 2.33. The predicted molar refractivity (Wildman–Crippen MR) is 79.0 cm³/mol. The van der Waals surface area contributed by atoms with E-state index in [1.165, 1.54) is 18.2 Å². The van der Waals surface area contributed by atoms with Crippen LogP contribution >= 0.6 is 0 Å². The molecule has 1 aliphatic rings. The van der Waals surface area contributed by atoms with Crippen LogP contribution in [0.4, 0.5) is 5.69 Å². The number of benzene rings is 2. The Morgan fingerprint density at radius 3 is 2.70 bits per heavy atom. The van der Waals surface area contributed by atoms with Crippen molar-refractivity contribution in [3.8, 4) is 0 Å². The second-order valence-electron chi connectivity index (χ2n) is 4.96. The molecule has 3 heteroatoms. The number of para-hydroxylation sites is 1. The zero-order valence-corrected chi connectivity index (χ0v) is 11.5. The van der Waals surface area contributed by atoms with Gasteiger partial charge in [-0.25, -0.2) is 4.79 Å². The van der Waals surface area contributed by atoms with Crippen molar-refractivity contribution in [3.05, 3.63) is 65.2 Å². The number of ether oxygens (including phenoxy) is 1. The minimum atomic E-state index is -0.262. The SMILES string of the molecule is COC(=O)c1cccc2c1N(Cc1ccccc1)CC2. The van der Waals surface area contributed by atoms with Gasteiger partial charge in [0.2, 0.25) is 0 Å². The minimum absolute atomic E-state index is 0.262. The van der Waals surface area contributed by atoms with Crippen molar-refractivity contribution < 1.29 is 9.53 Å². The number of nitrogens with zero attached hydrogens (tertiary/aromatic N) is 1. The fourth-order valence-corrected chi connectivity index (χ4v) is 2.77. The summed E-state index contributed by atoms with van der Waals surface area (Å²) in [7, 11) is 1.43. The second kappa shape index (κ2) is 5.37. The van der Waals surface area contributed by atoms with Gasteiger partial charge in [0.25, 0.3) is 0 Å². The smallest absolute Gasteiger partial charge is 0.339 e. The standard InChI is InChI=1S/C17H17NO2/c1-20-17(19)15-9-5-8-14-10-11-18(16(14)15)12-13-6-3-2-4-7-13/h2-9H,10-12H2,1H3. The summed E-state index contributed by atoms with van der Waals surface area (Å²) in [5.74, 6) is -0.262. The van der Waals surface area contributed by atoms with Crippen LogP contribution in [0.2, 0.25) is 0 Å². The van der Waals surface area contributed by atoms with Gasteiger partial charge in [0.15, 0.2) is 0 Å². The van der Waals surface area contributed by atoms with Gasteiger partial charge < -0.3 is 9.64 Å². The van der Waals surface area contributed by atoms with Crippen molar-refractivity contribution >= 4 is 11.7 Å². The van der Waals surface area contributed by atoms with E-state index >= 15 is 0 Å². The van der Waals surface area contributed by atoms with E-state index in [-0.39, 0.29) is 5.97 Å². The van der Waals surface area contributed by atoms with Gasteiger partial charge in [0.1, 0.15) is 0 Å². The van der Waals surface area contributed by atoms with Crippen molar-refractivity contribution in [2.24, 2.45) is 0 Å². The number of fused-ring (bicyclic) bond motifs is 1. The van der Waals surface area contributed by atoms with Crippen LogP contribution in [0.1, 0.15) is 21.5 Å². The van der Waals surface area contributed by atoms with E-state index in [1.54, 1.807) is 0 Å². The van der Waals surface area contributed by atoms with Crippen molar-refractivity contribution in [2.75, 3.05) is 18.6 Å². The first-order valence-electron chi connectivity index (χ1n) is 6.78. The van der Waals surface area contributed by atoms with E-state index < -0.39 is 0 Å². The van der Waals surface area contributed by atoms with Crippen LogP contribution in [0.15, 0.2) is 48.5 Å². The fraction of sp³-hybridized carbons (Fsp3) is 0.235. The van der Waals surface area contributed by atoms with Gasteiger partial charge >= 0.3 is 5.97 Å². The van der Waals surface area contributed by atoms with Crippen molar-refractivity contribution in [1.82, 2.24) is 0 Å². The van der Waals surface area contributed by atoms with E-state index in [9.17, 15) is 4.79 Å². The van der Waals surface area contributed by atoms with Gasteiger partial charge in [-0.15, -0.1) is 0 Å². The largest absolute Gasteiger partial charge is 0.465 e. The van der Waals surface area contributed by atoms with Crippen LogP contribution < -0.4 is 4.90 Å². The Kier molecular flexibility index (Phi) is 3.42. The quantitative estimate of drug-likeness (QED) is 0.801. The number of hydrogen-bond donors (Lipinski definition) is 0. The Bertz CT molecular complexity index is 622. The molecule has 0 aliphatic carbocycles. The lowest BCUT2D eigenvalue weighted by Gasteiger charge is -2.21. The maximum atomic E-state index is 11.9. The van der Waals surface area contributed by atoms with E-state index in [2.05, 4.69) is 23.1 Å². The molecule has 0 atom stereocenters. The lowest BCUT2D eigenvalue weighted by molar-refractivity contribution is 0.0601. The van der Waals surface area contributed by atoms with E-state index in [1.807, 2.05) is 30.3 Å². The Morgan fingerprint density at radius 2 is 1.95 bits per heavy atom. The summed E-state index contributed by atoms with van der Waals surface area (Å²) in [5.41, 5.74) is 4.17. The third-order valence-corrected chi connectivity index (χ3v) is 3.71. The maximum Gasteiger partial charge on any atom is 0.339 e. The summed E-state index contributed by atoms with van der Waals surface area (Å²) in [6, 6.07) is 16.2. The van der Waals surface area contributed by atoms with Crippen molar-refractivity contribution in [1.29, 1.82) is 0 Å². The summed E-state index contributed by atoms with van der Waals surface area (Å²) in [5, 5.41) is 0. The number of methoxy groups -OCH3 is 1. The zero-order valence-electron chi connectivity index (χ0n) is 11.5. The molecule has 0 fully saturated rings. The normalized spacial score (nSPS) is 13.2. The van der Waals surface area contributed by atoms with Crippen molar-refractivity contribution in [2.45, 2.75) is 13.0 Å². The fourth-order valence-electron chi connectivity index (χ4n) is 2.77. The molecule has 102 valence electrons. The highest BCUT2D eigenvalue weighted by atomic mass is 16.5. The van der Waals surface area contributed by atoms with Crippen LogP contribution in [-0.4, -0.2) is 19.6 Å². The Balaban J connectivity index is 1.94. The number of esters is 1. The van der Waals surface area contributed by atoms with E-state index in [0.717, 1.165) is 25.2 Å². The van der Waals surface area contributed by atoms with Crippen molar-refractivity contribution in [3.63, 3.8) is 0 Å². The summed E-state index contributed by atoms with van der Waals surface area (Å²) < 4.78 is 4.89. The number of hydrogen-bond acceptors (Lipinski definition) is 3. The minimum Gasteiger partial charge on any atom is -0.465 e. The Labute approximate surface area is 118 Å². The lowest BCUT2D eigenvalue weighted by atomic mass is 10.1. The third-order valence-electron chi connectivity index (χ3n) is 3.71. The molecule has 0 unspecified atom stereocenters. The highest BCUT2D eigenvalue weighted by Gasteiger charge is 2.25. The first kappa shape index (κ1) is 12.7. The molecule has 0 bridgehead atoms. The van der Waals surface area contributed by atoms with Gasteiger partial charge in [-0.1, -0.05) is 42.5 Å². The molecule has 0 amide bonds. The van der Waals surface area contributed by atoms with Crippen LogP contribution in [0, 0.1) is 0 Å². The Morgan fingerprint density at radius 1 is 1.15 bits per heavy atom. The van der Waals surface area contributed by atoms with Crippen LogP contribution in [-0.2, 0) is 17.7 Å². The van der Waals surface area contributed by atoms with Crippen LogP contribution in [0.5, 0.6) is 0 Å². The summed E-state index contributed by atoms with van der Waals surface area (Å²) in [6.45, 7) is 1.76. The molecule has 2 aromatic rings. The van der Waals surface area contributed by atoms with Gasteiger partial charge in [-0.3, -0.25) is 0 Å². The molecule has 0 radical (unpaired) electrons. The average molecular weight is 267 g/mol. The summed E-state index contributed by atoms with van der Waals surface area (Å²) in [4.78, 5) is 14.2. The topological polar surface area (TPSA) is 29.5 Å². The monoisotopic (exact) mass is 267 g/mol. The first-order valence-corrected chi connectivity index (χ1v) is 6.78. The van der Waals surface area contributed by atoms with E-state index in [0.29, 0.717) is 5.56 Å². The molecule has 0 saturated heterocycles. The van der Waals surface area contributed by atoms with Gasteiger partial charge in [0.05, 0.1) is 18.4 Å². The second-order valence-corrected chi connectivity index (χ2v) is 4.96. The maximum absolute atomic E-state index is 11.9. The molecule has 0 N–H and O–H groups in total. The molecule has 0 spiro atoms.